The monoisotopic (exact) mass is 183 g/mol. The Morgan fingerprint density at radius 2 is 1.92 bits per heavy atom. The van der Waals surface area contributed by atoms with Crippen molar-refractivity contribution in [2.24, 2.45) is 11.3 Å². The Morgan fingerprint density at radius 1 is 1.31 bits per heavy atom. The lowest BCUT2D eigenvalue weighted by Gasteiger charge is -2.30. The fourth-order valence-corrected chi connectivity index (χ4v) is 1.72. The third kappa shape index (κ3) is 5.73. The number of rotatable bonds is 6. The van der Waals surface area contributed by atoms with E-state index in [1.165, 1.54) is 19.3 Å². The third-order valence-electron chi connectivity index (χ3n) is 2.64. The molecule has 0 fully saturated rings. The second kappa shape index (κ2) is 6.06. The van der Waals surface area contributed by atoms with Gasteiger partial charge < -0.3 is 5.32 Å². The summed E-state index contributed by atoms with van der Waals surface area (Å²) in [6.45, 7) is 14.0. The van der Waals surface area contributed by atoms with Crippen LogP contribution in [0.4, 0.5) is 0 Å². The highest BCUT2D eigenvalue weighted by atomic mass is 14.8. The topological polar surface area (TPSA) is 12.0 Å². The molecule has 0 radical (unpaired) electrons. The van der Waals surface area contributed by atoms with Gasteiger partial charge in [-0.3, -0.25) is 0 Å². The molecule has 0 amide bonds. The van der Waals surface area contributed by atoms with Crippen molar-refractivity contribution in [3.63, 3.8) is 0 Å². The zero-order valence-corrected chi connectivity index (χ0v) is 9.69. The first kappa shape index (κ1) is 12.5. The van der Waals surface area contributed by atoms with Gasteiger partial charge >= 0.3 is 0 Å². The van der Waals surface area contributed by atoms with Crippen LogP contribution < -0.4 is 5.32 Å². The molecule has 1 heteroatoms. The molecular weight excluding hydrogens is 158 g/mol. The number of hydrogen-bond donors (Lipinski definition) is 1. The SMILES string of the molecule is C=CNCCC(CCC)C(C)(C)C. The Kier molecular flexibility index (Phi) is 5.85. The van der Waals surface area contributed by atoms with Gasteiger partial charge in [0.25, 0.3) is 0 Å². The van der Waals surface area contributed by atoms with Crippen molar-refractivity contribution in [3.8, 4) is 0 Å². The summed E-state index contributed by atoms with van der Waals surface area (Å²) in [6, 6.07) is 0. The normalized spacial score (nSPS) is 13.8. The lowest BCUT2D eigenvalue weighted by Crippen LogP contribution is -2.24. The predicted molar refractivity (Wildman–Crippen MR) is 60.7 cm³/mol. The minimum absolute atomic E-state index is 0.443. The van der Waals surface area contributed by atoms with Gasteiger partial charge in [0.1, 0.15) is 0 Å². The molecule has 0 saturated carbocycles. The zero-order valence-electron chi connectivity index (χ0n) is 9.69. The van der Waals surface area contributed by atoms with Crippen LogP contribution in [-0.2, 0) is 0 Å². The zero-order chi connectivity index (χ0) is 10.3. The molecule has 0 saturated heterocycles. The molecule has 0 heterocycles. The summed E-state index contributed by atoms with van der Waals surface area (Å²) in [5.41, 5.74) is 0.443. The van der Waals surface area contributed by atoms with Crippen LogP contribution in [0.3, 0.4) is 0 Å². The summed E-state index contributed by atoms with van der Waals surface area (Å²) < 4.78 is 0. The molecule has 13 heavy (non-hydrogen) atoms. The molecule has 0 rings (SSSR count). The van der Waals surface area contributed by atoms with Crippen LogP contribution in [0.15, 0.2) is 12.8 Å². The van der Waals surface area contributed by atoms with E-state index in [0.29, 0.717) is 5.41 Å². The standard InChI is InChI=1S/C12H25N/c1-6-8-11(12(3,4)5)9-10-13-7-2/h7,11,13H,2,6,8-10H2,1,3-5H3. The van der Waals surface area contributed by atoms with E-state index in [-0.39, 0.29) is 0 Å². The molecule has 0 aromatic carbocycles. The maximum absolute atomic E-state index is 3.65. The van der Waals surface area contributed by atoms with Gasteiger partial charge in [-0.1, -0.05) is 47.1 Å². The van der Waals surface area contributed by atoms with Crippen molar-refractivity contribution in [2.75, 3.05) is 6.54 Å². The van der Waals surface area contributed by atoms with Crippen LogP contribution in [0, 0.1) is 11.3 Å². The Labute approximate surface area is 83.6 Å². The van der Waals surface area contributed by atoms with E-state index < -0.39 is 0 Å². The predicted octanol–water partition coefficient (Wildman–Crippen LogP) is 3.57. The van der Waals surface area contributed by atoms with Crippen molar-refractivity contribution < 1.29 is 0 Å². The van der Waals surface area contributed by atoms with E-state index in [0.717, 1.165) is 12.5 Å². The molecule has 0 aromatic rings. The molecule has 78 valence electrons. The first-order chi connectivity index (χ1) is 6.02. The molecule has 1 atom stereocenters. The van der Waals surface area contributed by atoms with Gasteiger partial charge in [-0.15, -0.1) is 0 Å². The largest absolute Gasteiger partial charge is 0.391 e. The Bertz CT molecular complexity index is 133. The van der Waals surface area contributed by atoms with Crippen molar-refractivity contribution in [1.82, 2.24) is 5.32 Å². The van der Waals surface area contributed by atoms with Crippen LogP contribution in [0.25, 0.3) is 0 Å². The van der Waals surface area contributed by atoms with E-state index in [9.17, 15) is 0 Å². The van der Waals surface area contributed by atoms with Crippen molar-refractivity contribution in [2.45, 2.75) is 47.0 Å². The van der Waals surface area contributed by atoms with E-state index in [4.69, 9.17) is 0 Å². The van der Waals surface area contributed by atoms with Crippen molar-refractivity contribution in [1.29, 1.82) is 0 Å². The Balaban J connectivity index is 3.87. The molecule has 1 nitrogen and oxygen atoms in total. The summed E-state index contributed by atoms with van der Waals surface area (Å²) in [7, 11) is 0. The fraction of sp³-hybridized carbons (Fsp3) is 0.833. The average Bonchev–Trinajstić information content (AvgIpc) is 2.01. The lowest BCUT2D eigenvalue weighted by molar-refractivity contribution is 0.210. The molecule has 1 N–H and O–H groups in total. The van der Waals surface area contributed by atoms with E-state index in [2.05, 4.69) is 39.6 Å². The van der Waals surface area contributed by atoms with Gasteiger partial charge in [0.2, 0.25) is 0 Å². The smallest absolute Gasteiger partial charge is 0.0144 e. The van der Waals surface area contributed by atoms with Crippen LogP contribution in [0.5, 0.6) is 0 Å². The molecule has 0 aliphatic rings. The highest BCUT2D eigenvalue weighted by Gasteiger charge is 2.22. The highest BCUT2D eigenvalue weighted by molar-refractivity contribution is 4.75. The summed E-state index contributed by atoms with van der Waals surface area (Å²) in [5.74, 6) is 0.824. The summed E-state index contributed by atoms with van der Waals surface area (Å²) in [6.07, 6.45) is 5.66. The van der Waals surface area contributed by atoms with Gasteiger partial charge in [-0.25, -0.2) is 0 Å². The highest BCUT2D eigenvalue weighted by Crippen LogP contribution is 2.31. The minimum atomic E-state index is 0.443. The van der Waals surface area contributed by atoms with Gasteiger partial charge in [0, 0.05) is 6.54 Å². The van der Waals surface area contributed by atoms with E-state index in [1.54, 1.807) is 6.20 Å². The van der Waals surface area contributed by atoms with Gasteiger partial charge in [0.15, 0.2) is 0 Å². The average molecular weight is 183 g/mol. The van der Waals surface area contributed by atoms with Crippen LogP contribution in [0.2, 0.25) is 0 Å². The summed E-state index contributed by atoms with van der Waals surface area (Å²) >= 11 is 0. The summed E-state index contributed by atoms with van der Waals surface area (Å²) in [4.78, 5) is 0. The first-order valence-corrected chi connectivity index (χ1v) is 5.36. The minimum Gasteiger partial charge on any atom is -0.391 e. The van der Waals surface area contributed by atoms with Gasteiger partial charge in [0.05, 0.1) is 0 Å². The number of hydrogen-bond acceptors (Lipinski definition) is 1. The van der Waals surface area contributed by atoms with Crippen LogP contribution in [0.1, 0.15) is 47.0 Å². The third-order valence-corrected chi connectivity index (χ3v) is 2.64. The molecule has 0 bridgehead atoms. The Hall–Kier alpha value is -0.460. The first-order valence-electron chi connectivity index (χ1n) is 5.36. The van der Waals surface area contributed by atoms with Gasteiger partial charge in [-0.2, -0.15) is 0 Å². The molecule has 0 aromatic heterocycles. The quantitative estimate of drug-likeness (QED) is 0.621. The number of nitrogens with one attached hydrogen (secondary N) is 1. The second-order valence-corrected chi connectivity index (χ2v) is 4.80. The van der Waals surface area contributed by atoms with Crippen molar-refractivity contribution >= 4 is 0 Å². The van der Waals surface area contributed by atoms with E-state index >= 15 is 0 Å². The Morgan fingerprint density at radius 3 is 2.31 bits per heavy atom. The molecule has 0 spiro atoms. The summed E-state index contributed by atoms with van der Waals surface area (Å²) in [5, 5.41) is 3.17. The van der Waals surface area contributed by atoms with Crippen molar-refractivity contribution in [3.05, 3.63) is 12.8 Å². The molecule has 0 aliphatic heterocycles. The van der Waals surface area contributed by atoms with Crippen LogP contribution >= 0.6 is 0 Å². The second-order valence-electron chi connectivity index (χ2n) is 4.80. The molecule has 1 unspecified atom stereocenters. The van der Waals surface area contributed by atoms with Gasteiger partial charge in [-0.05, 0) is 24.0 Å². The van der Waals surface area contributed by atoms with E-state index in [1.807, 2.05) is 0 Å². The fourth-order valence-electron chi connectivity index (χ4n) is 1.72. The maximum atomic E-state index is 3.65. The molecule has 0 aliphatic carbocycles. The maximum Gasteiger partial charge on any atom is 0.0144 e. The van der Waals surface area contributed by atoms with Crippen LogP contribution in [-0.4, -0.2) is 6.54 Å². The lowest BCUT2D eigenvalue weighted by atomic mass is 9.76. The molecular formula is C12H25N.